The first-order valence-corrected chi connectivity index (χ1v) is 14.5. The number of halogens is 1. The molecule has 0 heterocycles. The van der Waals surface area contributed by atoms with E-state index in [1.54, 1.807) is 48.2 Å². The zero-order valence-corrected chi connectivity index (χ0v) is 23.0. The van der Waals surface area contributed by atoms with E-state index in [2.05, 4.69) is 52.4 Å². The van der Waals surface area contributed by atoms with Gasteiger partial charge in [0, 0.05) is 15.9 Å². The Morgan fingerprint density at radius 3 is 2.29 bits per heavy atom. The Hall–Kier alpha value is -2.49. The summed E-state index contributed by atoms with van der Waals surface area (Å²) >= 11 is 5.05. The third kappa shape index (κ3) is 8.02. The molecule has 35 heavy (non-hydrogen) atoms. The van der Waals surface area contributed by atoms with E-state index in [1.807, 2.05) is 6.92 Å². The Bertz CT molecular complexity index is 1200. The van der Waals surface area contributed by atoms with E-state index >= 15 is 0 Å². The van der Waals surface area contributed by atoms with Gasteiger partial charge in [0.15, 0.2) is 0 Å². The molecule has 0 unspecified atom stereocenters. The van der Waals surface area contributed by atoms with Gasteiger partial charge < -0.3 is 10.1 Å². The van der Waals surface area contributed by atoms with Crippen molar-refractivity contribution in [1.29, 1.82) is 0 Å². The molecule has 0 aliphatic carbocycles. The van der Waals surface area contributed by atoms with Crippen molar-refractivity contribution in [3.05, 3.63) is 82.8 Å². The Labute approximate surface area is 220 Å². The first-order chi connectivity index (χ1) is 16.8. The summed E-state index contributed by atoms with van der Waals surface area (Å²) in [4.78, 5) is 14.0. The lowest BCUT2D eigenvalue weighted by atomic mass is 10.2. The number of aryl methyl sites for hydroxylation is 1. The van der Waals surface area contributed by atoms with E-state index in [1.165, 1.54) is 22.6 Å². The van der Waals surface area contributed by atoms with Gasteiger partial charge in [0.25, 0.3) is 10.0 Å². The molecule has 9 heteroatoms. The molecule has 0 aromatic heterocycles. The lowest BCUT2D eigenvalue weighted by Gasteiger charge is -2.24. The minimum atomic E-state index is -3.96. The Kier molecular flexibility index (Phi) is 10.1. The standard InChI is InChI=1S/C26H29BrN2O4S2/c1-3-33-23-11-9-22(10-12-23)29(35(31,32)25-15-7-21(27)8-16-25)19-26(30)28-17-4-18-34-24-13-5-20(2)6-14-24/h5-16H,3-4,17-19H2,1-2H3,(H,28,30). The average molecular weight is 578 g/mol. The fourth-order valence-corrected chi connectivity index (χ4v) is 5.77. The number of anilines is 1. The molecular weight excluding hydrogens is 548 g/mol. The molecule has 0 atom stereocenters. The summed E-state index contributed by atoms with van der Waals surface area (Å²) in [6, 6.07) is 21.4. The van der Waals surface area contributed by atoms with Gasteiger partial charge in [0.1, 0.15) is 12.3 Å². The molecule has 6 nitrogen and oxygen atoms in total. The van der Waals surface area contributed by atoms with Crippen LogP contribution in [0.5, 0.6) is 5.75 Å². The van der Waals surface area contributed by atoms with Crippen molar-refractivity contribution < 1.29 is 17.9 Å². The van der Waals surface area contributed by atoms with E-state index in [9.17, 15) is 13.2 Å². The van der Waals surface area contributed by atoms with Crippen LogP contribution >= 0.6 is 27.7 Å². The number of carbonyl (C=O) groups is 1. The van der Waals surface area contributed by atoms with Crippen LogP contribution < -0.4 is 14.4 Å². The smallest absolute Gasteiger partial charge is 0.264 e. The lowest BCUT2D eigenvalue weighted by Crippen LogP contribution is -2.41. The number of thioether (sulfide) groups is 1. The Morgan fingerprint density at radius 2 is 1.66 bits per heavy atom. The highest BCUT2D eigenvalue weighted by Gasteiger charge is 2.27. The van der Waals surface area contributed by atoms with Crippen molar-refractivity contribution in [2.45, 2.75) is 30.1 Å². The van der Waals surface area contributed by atoms with Gasteiger partial charge in [-0.3, -0.25) is 9.10 Å². The van der Waals surface area contributed by atoms with Crippen LogP contribution in [0.3, 0.4) is 0 Å². The van der Waals surface area contributed by atoms with Crippen LogP contribution in [-0.4, -0.2) is 39.8 Å². The van der Waals surface area contributed by atoms with Crippen LogP contribution in [0, 0.1) is 6.92 Å². The minimum absolute atomic E-state index is 0.108. The summed E-state index contributed by atoms with van der Waals surface area (Å²) in [5.41, 5.74) is 1.61. The maximum atomic E-state index is 13.4. The summed E-state index contributed by atoms with van der Waals surface area (Å²) in [5.74, 6) is 1.12. The van der Waals surface area contributed by atoms with Crippen molar-refractivity contribution in [1.82, 2.24) is 5.32 Å². The predicted octanol–water partition coefficient (Wildman–Crippen LogP) is 5.65. The van der Waals surface area contributed by atoms with E-state index in [0.717, 1.165) is 21.0 Å². The molecule has 3 aromatic carbocycles. The van der Waals surface area contributed by atoms with Gasteiger partial charge in [-0.1, -0.05) is 33.6 Å². The topological polar surface area (TPSA) is 75.7 Å². The number of hydrogen-bond donors (Lipinski definition) is 1. The second-order valence-corrected chi connectivity index (χ2v) is 11.7. The molecule has 1 amide bonds. The number of sulfonamides is 1. The number of amides is 1. The molecule has 0 saturated carbocycles. The molecule has 0 bridgehead atoms. The zero-order chi connectivity index (χ0) is 25.3. The number of hydrogen-bond acceptors (Lipinski definition) is 5. The molecule has 3 rings (SSSR count). The summed E-state index contributed by atoms with van der Waals surface area (Å²) in [6.07, 6.45) is 0.771. The average Bonchev–Trinajstić information content (AvgIpc) is 2.84. The van der Waals surface area contributed by atoms with Crippen LogP contribution in [0.4, 0.5) is 5.69 Å². The summed E-state index contributed by atoms with van der Waals surface area (Å²) < 4.78 is 34.2. The van der Waals surface area contributed by atoms with Crippen LogP contribution in [0.1, 0.15) is 18.9 Å². The molecule has 0 saturated heterocycles. The van der Waals surface area contributed by atoms with E-state index in [0.29, 0.717) is 24.6 Å². The highest BCUT2D eigenvalue weighted by Crippen LogP contribution is 2.26. The van der Waals surface area contributed by atoms with Crippen molar-refractivity contribution >= 4 is 49.3 Å². The summed E-state index contributed by atoms with van der Waals surface area (Å²) in [5, 5.41) is 2.85. The molecular formula is C26H29BrN2O4S2. The third-order valence-corrected chi connectivity index (χ3v) is 8.47. The summed E-state index contributed by atoms with van der Waals surface area (Å²) in [6.45, 7) is 4.58. The minimum Gasteiger partial charge on any atom is -0.494 e. The molecule has 3 aromatic rings. The van der Waals surface area contributed by atoms with E-state index < -0.39 is 10.0 Å². The Morgan fingerprint density at radius 1 is 1.00 bits per heavy atom. The lowest BCUT2D eigenvalue weighted by molar-refractivity contribution is -0.119. The van der Waals surface area contributed by atoms with Gasteiger partial charge >= 0.3 is 0 Å². The van der Waals surface area contributed by atoms with Crippen LogP contribution in [0.15, 0.2) is 87.1 Å². The molecule has 0 fully saturated rings. The molecule has 0 spiro atoms. The number of nitrogens with zero attached hydrogens (tertiary/aromatic N) is 1. The molecule has 1 N–H and O–H groups in total. The van der Waals surface area contributed by atoms with Gasteiger partial charge in [0.05, 0.1) is 17.2 Å². The molecule has 186 valence electrons. The van der Waals surface area contributed by atoms with Gasteiger partial charge in [-0.25, -0.2) is 8.42 Å². The maximum Gasteiger partial charge on any atom is 0.264 e. The van der Waals surface area contributed by atoms with Crippen molar-refractivity contribution in [3.63, 3.8) is 0 Å². The van der Waals surface area contributed by atoms with Crippen molar-refractivity contribution in [2.75, 3.05) is 29.8 Å². The first kappa shape index (κ1) is 27.1. The molecule has 0 radical (unpaired) electrons. The van der Waals surface area contributed by atoms with Crippen molar-refractivity contribution in [3.8, 4) is 5.75 Å². The maximum absolute atomic E-state index is 13.4. The molecule has 0 aliphatic heterocycles. The van der Waals surface area contributed by atoms with Crippen LogP contribution in [0.2, 0.25) is 0 Å². The van der Waals surface area contributed by atoms with Crippen LogP contribution in [0.25, 0.3) is 0 Å². The van der Waals surface area contributed by atoms with E-state index in [-0.39, 0.29) is 17.3 Å². The monoisotopic (exact) mass is 576 g/mol. The highest BCUT2D eigenvalue weighted by atomic mass is 79.9. The van der Waals surface area contributed by atoms with Crippen molar-refractivity contribution in [2.24, 2.45) is 0 Å². The van der Waals surface area contributed by atoms with Crippen LogP contribution in [-0.2, 0) is 14.8 Å². The number of ether oxygens (including phenoxy) is 1. The normalized spacial score (nSPS) is 11.2. The van der Waals surface area contributed by atoms with Gasteiger partial charge in [-0.05, 0) is 86.7 Å². The molecule has 0 aliphatic rings. The van der Waals surface area contributed by atoms with E-state index in [4.69, 9.17) is 4.74 Å². The quantitative estimate of drug-likeness (QED) is 0.223. The number of nitrogens with one attached hydrogen (secondary N) is 1. The van der Waals surface area contributed by atoms with Gasteiger partial charge in [-0.2, -0.15) is 0 Å². The number of rotatable bonds is 12. The van der Waals surface area contributed by atoms with Gasteiger partial charge in [0.2, 0.25) is 5.91 Å². The second-order valence-electron chi connectivity index (χ2n) is 7.76. The number of benzene rings is 3. The summed E-state index contributed by atoms with van der Waals surface area (Å²) in [7, 11) is -3.96. The van der Waals surface area contributed by atoms with Gasteiger partial charge in [-0.15, -0.1) is 11.8 Å². The SMILES string of the molecule is CCOc1ccc(N(CC(=O)NCCCSc2ccc(C)cc2)S(=O)(=O)c2ccc(Br)cc2)cc1. The predicted molar refractivity (Wildman–Crippen MR) is 146 cm³/mol. The largest absolute Gasteiger partial charge is 0.494 e. The third-order valence-electron chi connectivity index (χ3n) is 5.06. The first-order valence-electron chi connectivity index (χ1n) is 11.3. The second kappa shape index (κ2) is 13.0. The number of carbonyl (C=O) groups excluding carboxylic acids is 1. The zero-order valence-electron chi connectivity index (χ0n) is 19.7. The fourth-order valence-electron chi connectivity index (χ4n) is 3.23. The highest BCUT2D eigenvalue weighted by molar-refractivity contribution is 9.10. The Balaban J connectivity index is 1.66. The fraction of sp³-hybridized carbons (Fsp3) is 0.269.